The van der Waals surface area contributed by atoms with Gasteiger partial charge in [-0.1, -0.05) is 46.4 Å². The quantitative estimate of drug-likeness (QED) is 0.798. The summed E-state index contributed by atoms with van der Waals surface area (Å²) in [5, 5.41) is 4.07. The van der Waals surface area contributed by atoms with E-state index in [4.69, 9.17) is 16.3 Å². The van der Waals surface area contributed by atoms with Crippen molar-refractivity contribution in [3.05, 3.63) is 33.3 Å². The molecule has 1 fully saturated rings. The molecule has 0 aromatic heterocycles. The van der Waals surface area contributed by atoms with Gasteiger partial charge in [-0.05, 0) is 37.5 Å². The Kier molecular flexibility index (Phi) is 5.87. The summed E-state index contributed by atoms with van der Waals surface area (Å²) in [6.07, 6.45) is 4.66. The highest BCUT2D eigenvalue weighted by Gasteiger charge is 2.28. The Hall–Kier alpha value is -0.580. The highest BCUT2D eigenvalue weighted by atomic mass is 79.9. The van der Waals surface area contributed by atoms with Gasteiger partial charge in [-0.25, -0.2) is 4.79 Å². The Labute approximate surface area is 133 Å². The molecule has 2 rings (SSSR count). The molecule has 20 heavy (non-hydrogen) atoms. The zero-order valence-electron chi connectivity index (χ0n) is 11.5. The Balaban J connectivity index is 2.22. The number of ether oxygens (including phenoxy) is 1. The molecule has 0 radical (unpaired) electrons. The van der Waals surface area contributed by atoms with E-state index in [1.807, 2.05) is 13.0 Å². The second kappa shape index (κ2) is 7.43. The fourth-order valence-electron chi connectivity index (χ4n) is 2.57. The summed E-state index contributed by atoms with van der Waals surface area (Å²) in [6.45, 7) is 2.20. The third kappa shape index (κ3) is 3.96. The maximum atomic E-state index is 12.2. The first-order chi connectivity index (χ1) is 9.61. The summed E-state index contributed by atoms with van der Waals surface area (Å²) in [5.74, 6) is -0.234. The van der Waals surface area contributed by atoms with Crippen LogP contribution in [0.15, 0.2) is 22.7 Å². The summed E-state index contributed by atoms with van der Waals surface area (Å²) < 4.78 is 6.03. The van der Waals surface area contributed by atoms with Crippen molar-refractivity contribution in [3.63, 3.8) is 0 Å². The molecular formula is C15H19BrClNO2. The van der Waals surface area contributed by atoms with E-state index < -0.39 is 6.04 Å². The van der Waals surface area contributed by atoms with Crippen LogP contribution in [0.1, 0.15) is 44.2 Å². The number of rotatable bonds is 5. The molecule has 1 aromatic rings. The smallest absolute Gasteiger partial charge is 0.327 e. The first-order valence-electron chi connectivity index (χ1n) is 6.99. The minimum absolute atomic E-state index is 0.234. The summed E-state index contributed by atoms with van der Waals surface area (Å²) in [4.78, 5) is 12.2. The van der Waals surface area contributed by atoms with E-state index in [0.717, 1.165) is 22.9 Å². The van der Waals surface area contributed by atoms with Crippen molar-refractivity contribution in [2.45, 2.75) is 44.7 Å². The van der Waals surface area contributed by atoms with Gasteiger partial charge < -0.3 is 4.74 Å². The predicted molar refractivity (Wildman–Crippen MR) is 83.9 cm³/mol. The normalized spacial score (nSPS) is 17.1. The van der Waals surface area contributed by atoms with Crippen LogP contribution in [-0.4, -0.2) is 18.6 Å². The largest absolute Gasteiger partial charge is 0.465 e. The van der Waals surface area contributed by atoms with Crippen LogP contribution in [0, 0.1) is 0 Å². The lowest BCUT2D eigenvalue weighted by molar-refractivity contribution is -0.146. The molecule has 1 aliphatic rings. The van der Waals surface area contributed by atoms with Crippen molar-refractivity contribution in [2.24, 2.45) is 0 Å². The molecule has 1 atom stereocenters. The second-order valence-electron chi connectivity index (χ2n) is 5.00. The fraction of sp³-hybridized carbons (Fsp3) is 0.533. The molecule has 0 aliphatic heterocycles. The highest BCUT2D eigenvalue weighted by molar-refractivity contribution is 9.10. The third-order valence-electron chi connectivity index (χ3n) is 3.55. The molecule has 3 nitrogen and oxygen atoms in total. The molecule has 5 heteroatoms. The first kappa shape index (κ1) is 15.8. The van der Waals surface area contributed by atoms with Crippen LogP contribution in [0.2, 0.25) is 5.02 Å². The van der Waals surface area contributed by atoms with Crippen molar-refractivity contribution in [1.29, 1.82) is 0 Å². The molecule has 1 saturated carbocycles. The van der Waals surface area contributed by atoms with Gasteiger partial charge in [0.1, 0.15) is 6.04 Å². The molecular weight excluding hydrogens is 342 g/mol. The van der Waals surface area contributed by atoms with E-state index in [9.17, 15) is 4.79 Å². The minimum Gasteiger partial charge on any atom is -0.465 e. The van der Waals surface area contributed by atoms with Gasteiger partial charge in [0.25, 0.3) is 0 Å². The van der Waals surface area contributed by atoms with Gasteiger partial charge in [0.05, 0.1) is 6.61 Å². The molecule has 1 unspecified atom stereocenters. The Morgan fingerprint density at radius 3 is 2.80 bits per heavy atom. The molecule has 0 spiro atoms. The lowest BCUT2D eigenvalue weighted by atomic mass is 10.1. The highest BCUT2D eigenvalue weighted by Crippen LogP contribution is 2.29. The predicted octanol–water partition coefficient (Wildman–Crippen LogP) is 4.24. The van der Waals surface area contributed by atoms with Gasteiger partial charge in [0, 0.05) is 15.5 Å². The molecule has 1 aromatic carbocycles. The lowest BCUT2D eigenvalue weighted by Crippen LogP contribution is -2.36. The Morgan fingerprint density at radius 1 is 1.50 bits per heavy atom. The van der Waals surface area contributed by atoms with Crippen LogP contribution >= 0.6 is 27.5 Å². The maximum Gasteiger partial charge on any atom is 0.327 e. The van der Waals surface area contributed by atoms with Crippen LogP contribution in [0.5, 0.6) is 0 Å². The zero-order valence-corrected chi connectivity index (χ0v) is 13.8. The maximum absolute atomic E-state index is 12.2. The van der Waals surface area contributed by atoms with Gasteiger partial charge in [0.2, 0.25) is 0 Å². The molecule has 0 saturated heterocycles. The molecule has 0 heterocycles. The van der Waals surface area contributed by atoms with Gasteiger partial charge in [-0.3, -0.25) is 5.32 Å². The van der Waals surface area contributed by atoms with Crippen LogP contribution < -0.4 is 5.32 Å². The van der Waals surface area contributed by atoms with Crippen molar-refractivity contribution >= 4 is 33.5 Å². The first-order valence-corrected chi connectivity index (χ1v) is 8.16. The number of carbonyl (C=O) groups is 1. The minimum atomic E-state index is -0.440. The number of carbonyl (C=O) groups excluding carboxylic acids is 1. The average Bonchev–Trinajstić information content (AvgIpc) is 2.90. The van der Waals surface area contributed by atoms with Crippen LogP contribution in [0.3, 0.4) is 0 Å². The summed E-state index contributed by atoms with van der Waals surface area (Å²) in [5.41, 5.74) is 0.875. The molecule has 1 N–H and O–H groups in total. The number of hydrogen-bond donors (Lipinski definition) is 1. The molecule has 0 bridgehead atoms. The third-order valence-corrected chi connectivity index (χ3v) is 4.48. The van der Waals surface area contributed by atoms with Crippen molar-refractivity contribution in [2.75, 3.05) is 6.61 Å². The summed E-state index contributed by atoms with van der Waals surface area (Å²) >= 11 is 9.45. The lowest BCUT2D eigenvalue weighted by Gasteiger charge is -2.22. The van der Waals surface area contributed by atoms with Crippen LogP contribution in [-0.2, 0) is 9.53 Å². The number of halogens is 2. The SMILES string of the molecule is CCOC(=O)C(NC1CCCC1)c1ccc(Cl)cc1Br. The topological polar surface area (TPSA) is 38.3 Å². The van der Waals surface area contributed by atoms with Gasteiger partial charge >= 0.3 is 5.97 Å². The molecule has 110 valence electrons. The van der Waals surface area contributed by atoms with E-state index >= 15 is 0 Å². The Morgan fingerprint density at radius 2 is 2.20 bits per heavy atom. The van der Waals surface area contributed by atoms with E-state index in [0.29, 0.717) is 17.7 Å². The number of hydrogen-bond acceptors (Lipinski definition) is 3. The molecule has 1 aliphatic carbocycles. The fourth-order valence-corrected chi connectivity index (χ4v) is 3.49. The van der Waals surface area contributed by atoms with E-state index in [1.165, 1.54) is 12.8 Å². The monoisotopic (exact) mass is 359 g/mol. The van der Waals surface area contributed by atoms with Crippen LogP contribution in [0.4, 0.5) is 0 Å². The Bertz CT molecular complexity index is 475. The number of esters is 1. The summed E-state index contributed by atoms with van der Waals surface area (Å²) in [6, 6.07) is 5.41. The number of nitrogens with one attached hydrogen (secondary N) is 1. The van der Waals surface area contributed by atoms with Gasteiger partial charge in [-0.15, -0.1) is 0 Å². The molecule has 0 amide bonds. The number of benzene rings is 1. The van der Waals surface area contributed by atoms with Crippen molar-refractivity contribution < 1.29 is 9.53 Å². The standard InChI is InChI=1S/C15H19BrClNO2/c1-2-20-15(19)14(18-11-5-3-4-6-11)12-8-7-10(17)9-13(12)16/h7-9,11,14,18H,2-6H2,1H3. The van der Waals surface area contributed by atoms with Gasteiger partial charge in [-0.2, -0.15) is 0 Å². The average molecular weight is 361 g/mol. The van der Waals surface area contributed by atoms with Gasteiger partial charge in [0.15, 0.2) is 0 Å². The second-order valence-corrected chi connectivity index (χ2v) is 6.29. The van der Waals surface area contributed by atoms with Crippen molar-refractivity contribution in [1.82, 2.24) is 5.32 Å². The van der Waals surface area contributed by atoms with E-state index in [2.05, 4.69) is 21.2 Å². The van der Waals surface area contributed by atoms with E-state index in [1.54, 1.807) is 12.1 Å². The van der Waals surface area contributed by atoms with E-state index in [-0.39, 0.29) is 5.97 Å². The van der Waals surface area contributed by atoms with Crippen LogP contribution in [0.25, 0.3) is 0 Å². The van der Waals surface area contributed by atoms with Crippen molar-refractivity contribution in [3.8, 4) is 0 Å². The summed E-state index contributed by atoms with van der Waals surface area (Å²) in [7, 11) is 0. The zero-order chi connectivity index (χ0) is 14.5.